The summed E-state index contributed by atoms with van der Waals surface area (Å²) in [5, 5.41) is 12.3. The summed E-state index contributed by atoms with van der Waals surface area (Å²) in [4.78, 5) is 32.4. The monoisotopic (exact) mass is 521 g/mol. The summed E-state index contributed by atoms with van der Waals surface area (Å²) in [6, 6.07) is 8.65. The number of nitrogens with one attached hydrogen (secondary N) is 1. The second kappa shape index (κ2) is 10.5. The van der Waals surface area contributed by atoms with Crippen LogP contribution in [0.25, 0.3) is 0 Å². The third-order valence-corrected chi connectivity index (χ3v) is 5.70. The van der Waals surface area contributed by atoms with Crippen LogP contribution in [-0.4, -0.2) is 38.5 Å². The zero-order valence-electron chi connectivity index (χ0n) is 20.2. The molecule has 2 aromatic heterocycles. The van der Waals surface area contributed by atoms with Gasteiger partial charge in [-0.15, -0.1) is 13.2 Å². The lowest BCUT2D eigenvalue weighted by Crippen LogP contribution is -2.43. The Kier molecular flexibility index (Phi) is 7.43. The Morgan fingerprint density at radius 2 is 1.89 bits per heavy atom. The van der Waals surface area contributed by atoms with E-state index in [2.05, 4.69) is 15.0 Å². The molecule has 1 aromatic carbocycles. The molecule has 0 saturated heterocycles. The molecular formula is C24H26F3N5O5. The predicted molar refractivity (Wildman–Crippen MR) is 129 cm³/mol. The Balaban J connectivity index is 1.77. The lowest BCUT2D eigenvalue weighted by Gasteiger charge is -2.26. The normalized spacial score (nSPS) is 14.9. The average molecular weight is 521 g/mol. The number of hydrogen-bond donors (Lipinski definition) is 2. The van der Waals surface area contributed by atoms with Crippen LogP contribution in [0.2, 0.25) is 0 Å². The summed E-state index contributed by atoms with van der Waals surface area (Å²) in [7, 11) is 0. The van der Waals surface area contributed by atoms with Crippen molar-refractivity contribution in [3.05, 3.63) is 74.7 Å². The molecule has 0 radical (unpaired) electrons. The minimum Gasteiger partial charge on any atom is -0.452 e. The molecule has 0 fully saturated rings. The third kappa shape index (κ3) is 5.71. The van der Waals surface area contributed by atoms with Gasteiger partial charge < -0.3 is 24.8 Å². The number of ether oxygens (including phenoxy) is 2. The highest BCUT2D eigenvalue weighted by Gasteiger charge is 2.37. The highest BCUT2D eigenvalue weighted by atomic mass is 19.4. The predicted octanol–water partition coefficient (Wildman–Crippen LogP) is 2.81. The van der Waals surface area contributed by atoms with Crippen molar-refractivity contribution in [1.82, 2.24) is 14.1 Å². The van der Waals surface area contributed by atoms with E-state index in [1.165, 1.54) is 16.7 Å². The Bertz CT molecular complexity index is 1370. The second-order valence-electron chi connectivity index (χ2n) is 8.33. The van der Waals surface area contributed by atoms with Gasteiger partial charge in [-0.3, -0.25) is 18.9 Å². The van der Waals surface area contributed by atoms with E-state index in [4.69, 9.17) is 4.74 Å². The number of hydrogen-bond acceptors (Lipinski definition) is 8. The number of benzene rings is 1. The summed E-state index contributed by atoms with van der Waals surface area (Å²) in [6.45, 7) is 3.77. The van der Waals surface area contributed by atoms with Crippen LogP contribution in [0.15, 0.2) is 52.2 Å². The van der Waals surface area contributed by atoms with Crippen LogP contribution in [0.3, 0.4) is 0 Å². The number of aryl methyl sites for hydroxylation is 1. The number of fused-ring (bicyclic) bond motifs is 1. The minimum absolute atomic E-state index is 0.0176. The number of anilines is 2. The fourth-order valence-electron chi connectivity index (χ4n) is 4.04. The Labute approximate surface area is 209 Å². The lowest BCUT2D eigenvalue weighted by molar-refractivity contribution is -0.274. The first kappa shape index (κ1) is 26.1. The average Bonchev–Trinajstić information content (AvgIpc) is 3.17. The van der Waals surface area contributed by atoms with Gasteiger partial charge in [-0.05, 0) is 44.0 Å². The van der Waals surface area contributed by atoms with Gasteiger partial charge in [-0.1, -0.05) is 12.1 Å². The van der Waals surface area contributed by atoms with Crippen LogP contribution in [0, 0.1) is 6.92 Å². The second-order valence-corrected chi connectivity index (χ2v) is 8.33. The van der Waals surface area contributed by atoms with Crippen LogP contribution in [0.4, 0.5) is 24.7 Å². The van der Waals surface area contributed by atoms with E-state index < -0.39 is 29.7 Å². The standard InChI is InChI=1S/C24H26F3N5O5/c1-3-30-20-19(21(34)31(23(30)35)10-5-11-33)32(14-16-9-8-15(2)28-13-16)22(29-20)36-17-6-4-7-18(12-17)37-24(25,26)27/h4,6-9,12-13,22,29,33H,3,5,10-11,14H2,1-2H3. The quantitative estimate of drug-likeness (QED) is 0.443. The molecule has 1 aliphatic rings. The maximum Gasteiger partial charge on any atom is 0.573 e. The molecular weight excluding hydrogens is 495 g/mol. The molecule has 0 amide bonds. The summed E-state index contributed by atoms with van der Waals surface area (Å²) in [5.74, 6) is -0.192. The van der Waals surface area contributed by atoms with Crippen molar-refractivity contribution in [2.24, 2.45) is 0 Å². The number of alkyl halides is 3. The van der Waals surface area contributed by atoms with E-state index in [0.29, 0.717) is 0 Å². The minimum atomic E-state index is -4.87. The Morgan fingerprint density at radius 3 is 2.54 bits per heavy atom. The number of aliphatic hydroxyl groups excluding tert-OH is 1. The first-order chi connectivity index (χ1) is 17.6. The highest BCUT2D eigenvalue weighted by Crippen LogP contribution is 2.34. The van der Waals surface area contributed by atoms with Crippen LogP contribution < -0.4 is 30.9 Å². The molecule has 1 atom stereocenters. The third-order valence-electron chi connectivity index (χ3n) is 5.70. The van der Waals surface area contributed by atoms with Crippen LogP contribution in [-0.2, 0) is 19.6 Å². The Morgan fingerprint density at radius 1 is 1.14 bits per heavy atom. The molecule has 0 spiro atoms. The molecule has 2 N–H and O–H groups in total. The van der Waals surface area contributed by atoms with Crippen molar-refractivity contribution in [2.75, 3.05) is 16.8 Å². The van der Waals surface area contributed by atoms with Gasteiger partial charge in [-0.2, -0.15) is 0 Å². The smallest absolute Gasteiger partial charge is 0.452 e. The molecule has 3 aromatic rings. The fourth-order valence-corrected chi connectivity index (χ4v) is 4.04. The highest BCUT2D eigenvalue weighted by molar-refractivity contribution is 5.71. The number of nitrogens with zero attached hydrogens (tertiary/aromatic N) is 4. The molecule has 1 unspecified atom stereocenters. The summed E-state index contributed by atoms with van der Waals surface area (Å²) >= 11 is 0. The van der Waals surface area contributed by atoms with Crippen molar-refractivity contribution in [3.63, 3.8) is 0 Å². The van der Waals surface area contributed by atoms with Crippen LogP contribution in [0.5, 0.6) is 11.5 Å². The van der Waals surface area contributed by atoms with Gasteiger partial charge in [0.1, 0.15) is 23.0 Å². The zero-order valence-corrected chi connectivity index (χ0v) is 20.2. The van der Waals surface area contributed by atoms with E-state index in [1.807, 2.05) is 13.0 Å². The van der Waals surface area contributed by atoms with Crippen molar-refractivity contribution in [2.45, 2.75) is 52.6 Å². The SMILES string of the molecule is CCn1c2c(c(=O)n(CCCO)c1=O)N(Cc1ccc(C)nc1)C(Oc1cccc(OC(F)(F)F)c1)N2. The maximum absolute atomic E-state index is 13.5. The van der Waals surface area contributed by atoms with Crippen molar-refractivity contribution < 1.29 is 27.8 Å². The van der Waals surface area contributed by atoms with E-state index in [-0.39, 0.29) is 49.9 Å². The molecule has 37 heavy (non-hydrogen) atoms. The summed E-state index contributed by atoms with van der Waals surface area (Å²) in [6.07, 6.45) is -4.07. The van der Waals surface area contributed by atoms with Gasteiger partial charge in [-0.25, -0.2) is 4.79 Å². The molecule has 3 heterocycles. The van der Waals surface area contributed by atoms with Gasteiger partial charge in [0.15, 0.2) is 0 Å². The van der Waals surface area contributed by atoms with Crippen molar-refractivity contribution >= 4 is 11.5 Å². The van der Waals surface area contributed by atoms with Crippen molar-refractivity contribution in [3.8, 4) is 11.5 Å². The van der Waals surface area contributed by atoms with Gasteiger partial charge >= 0.3 is 12.1 Å². The number of aliphatic hydroxyl groups is 1. The molecule has 0 aliphatic carbocycles. The number of pyridine rings is 1. The Hall–Kier alpha value is -4.00. The summed E-state index contributed by atoms with van der Waals surface area (Å²) < 4.78 is 50.5. The fraction of sp³-hybridized carbons (Fsp3) is 0.375. The number of halogens is 3. The van der Waals surface area contributed by atoms with E-state index in [9.17, 15) is 27.9 Å². The molecule has 10 nitrogen and oxygen atoms in total. The van der Waals surface area contributed by atoms with Gasteiger partial charge in [0.25, 0.3) is 11.9 Å². The number of aromatic nitrogens is 3. The summed E-state index contributed by atoms with van der Waals surface area (Å²) in [5.41, 5.74) is 0.562. The number of rotatable bonds is 9. The molecule has 1 aliphatic heterocycles. The van der Waals surface area contributed by atoms with Crippen LogP contribution in [0.1, 0.15) is 24.6 Å². The largest absolute Gasteiger partial charge is 0.573 e. The molecule has 4 rings (SSSR count). The van der Waals surface area contributed by atoms with Crippen molar-refractivity contribution in [1.29, 1.82) is 0 Å². The van der Waals surface area contributed by atoms with Gasteiger partial charge in [0, 0.05) is 37.7 Å². The first-order valence-electron chi connectivity index (χ1n) is 11.6. The molecule has 0 saturated carbocycles. The van der Waals surface area contributed by atoms with Crippen LogP contribution >= 0.6 is 0 Å². The maximum atomic E-state index is 13.5. The lowest BCUT2D eigenvalue weighted by atomic mass is 10.2. The van der Waals surface area contributed by atoms with E-state index in [0.717, 1.165) is 28.0 Å². The first-order valence-corrected chi connectivity index (χ1v) is 11.6. The van der Waals surface area contributed by atoms with E-state index in [1.54, 1.807) is 24.1 Å². The van der Waals surface area contributed by atoms with Gasteiger partial charge in [0.2, 0.25) is 0 Å². The molecule has 0 bridgehead atoms. The molecule has 13 heteroatoms. The topological polar surface area (TPSA) is 111 Å². The molecule has 198 valence electrons. The zero-order chi connectivity index (χ0) is 26.7. The van der Waals surface area contributed by atoms with Gasteiger partial charge in [0.05, 0.1) is 6.54 Å². The van der Waals surface area contributed by atoms with E-state index >= 15 is 0 Å².